The summed E-state index contributed by atoms with van der Waals surface area (Å²) in [5.41, 5.74) is 3.17. The van der Waals surface area contributed by atoms with Crippen molar-refractivity contribution >= 4 is 31.9 Å². The number of nitrogens with zero attached hydrogens (tertiary/aromatic N) is 2. The van der Waals surface area contributed by atoms with Gasteiger partial charge in [-0.1, -0.05) is 28.1 Å². The maximum absolute atomic E-state index is 13.4. The maximum Gasteiger partial charge on any atom is 0.123 e. The number of hydrogen-bond donors (Lipinski definition) is 0. The Labute approximate surface area is 135 Å². The van der Waals surface area contributed by atoms with Gasteiger partial charge in [0.05, 0.1) is 15.9 Å². The first-order valence-electron chi connectivity index (χ1n) is 6.60. The molecule has 1 heterocycles. The summed E-state index contributed by atoms with van der Waals surface area (Å²) < 4.78 is 16.5. The summed E-state index contributed by atoms with van der Waals surface area (Å²) in [7, 11) is 0. The summed E-state index contributed by atoms with van der Waals surface area (Å²) in [5, 5.41) is 5.30. The summed E-state index contributed by atoms with van der Waals surface area (Å²) in [6.45, 7) is 4.90. The minimum Gasteiger partial charge on any atom is -0.268 e. The van der Waals surface area contributed by atoms with E-state index in [4.69, 9.17) is 0 Å². The predicted octanol–water partition coefficient (Wildman–Crippen LogP) is 4.83. The Morgan fingerprint density at radius 1 is 1.40 bits per heavy atom. The maximum atomic E-state index is 13.4. The Hall–Kier alpha value is -0.680. The summed E-state index contributed by atoms with van der Waals surface area (Å²) >= 11 is 7.16. The van der Waals surface area contributed by atoms with Gasteiger partial charge in [0.25, 0.3) is 0 Å². The zero-order valence-corrected chi connectivity index (χ0v) is 14.7. The third kappa shape index (κ3) is 3.31. The first kappa shape index (κ1) is 15.7. The molecule has 1 unspecified atom stereocenters. The molecule has 0 N–H and O–H groups in total. The van der Waals surface area contributed by atoms with Gasteiger partial charge in [-0.15, -0.1) is 0 Å². The Balaban J connectivity index is 2.31. The van der Waals surface area contributed by atoms with Crippen LogP contribution in [0.15, 0.2) is 28.7 Å². The van der Waals surface area contributed by atoms with Gasteiger partial charge >= 0.3 is 0 Å². The van der Waals surface area contributed by atoms with Crippen molar-refractivity contribution < 1.29 is 4.39 Å². The van der Waals surface area contributed by atoms with Crippen molar-refractivity contribution in [2.45, 2.75) is 32.7 Å². The number of rotatable bonds is 5. The van der Waals surface area contributed by atoms with Crippen LogP contribution in [0.5, 0.6) is 0 Å². The Bertz CT molecular complexity index is 596. The molecular weight excluding hydrogens is 387 g/mol. The van der Waals surface area contributed by atoms with E-state index in [-0.39, 0.29) is 11.7 Å². The standard InChI is InChI=1S/C15H17Br2FN2/c1-3-20-14(15(17)10(2)19-20)8-12(9-16)11-5-4-6-13(18)7-11/h4-7,12H,3,8-9H2,1-2H3. The first-order chi connectivity index (χ1) is 9.56. The number of aromatic nitrogens is 2. The van der Waals surface area contributed by atoms with Crippen LogP contribution in [0.4, 0.5) is 4.39 Å². The van der Waals surface area contributed by atoms with E-state index in [1.54, 1.807) is 12.1 Å². The van der Waals surface area contributed by atoms with Gasteiger partial charge in [-0.3, -0.25) is 4.68 Å². The predicted molar refractivity (Wildman–Crippen MR) is 87.0 cm³/mol. The summed E-state index contributed by atoms with van der Waals surface area (Å²) in [6, 6.07) is 6.82. The third-order valence-corrected chi connectivity index (χ3v) is 5.21. The highest BCUT2D eigenvalue weighted by molar-refractivity contribution is 9.10. The third-order valence-electron chi connectivity index (χ3n) is 3.40. The number of hydrogen-bond acceptors (Lipinski definition) is 1. The molecular formula is C15H17Br2FN2. The van der Waals surface area contributed by atoms with Crippen LogP contribution in [0.1, 0.15) is 29.8 Å². The van der Waals surface area contributed by atoms with Crippen LogP contribution >= 0.6 is 31.9 Å². The fraction of sp³-hybridized carbons (Fsp3) is 0.400. The molecule has 0 aliphatic rings. The van der Waals surface area contributed by atoms with Crippen molar-refractivity contribution in [3.05, 3.63) is 51.5 Å². The monoisotopic (exact) mass is 402 g/mol. The van der Waals surface area contributed by atoms with Crippen LogP contribution < -0.4 is 0 Å². The van der Waals surface area contributed by atoms with E-state index in [0.717, 1.165) is 34.0 Å². The fourth-order valence-electron chi connectivity index (χ4n) is 2.32. The molecule has 0 bridgehead atoms. The molecule has 0 radical (unpaired) electrons. The van der Waals surface area contributed by atoms with Crippen LogP contribution in [0, 0.1) is 12.7 Å². The van der Waals surface area contributed by atoms with E-state index in [1.165, 1.54) is 11.8 Å². The smallest absolute Gasteiger partial charge is 0.123 e. The number of benzene rings is 1. The van der Waals surface area contributed by atoms with Crippen molar-refractivity contribution in [2.24, 2.45) is 0 Å². The molecule has 2 aromatic rings. The van der Waals surface area contributed by atoms with Crippen LogP contribution in [0.25, 0.3) is 0 Å². The lowest BCUT2D eigenvalue weighted by Gasteiger charge is -2.16. The van der Waals surface area contributed by atoms with Gasteiger partial charge in [0.2, 0.25) is 0 Å². The molecule has 0 spiro atoms. The van der Waals surface area contributed by atoms with Crippen molar-refractivity contribution in [2.75, 3.05) is 5.33 Å². The van der Waals surface area contributed by atoms with Crippen LogP contribution in [0.3, 0.4) is 0 Å². The van der Waals surface area contributed by atoms with Gasteiger partial charge < -0.3 is 0 Å². The Morgan fingerprint density at radius 2 is 2.15 bits per heavy atom. The molecule has 2 nitrogen and oxygen atoms in total. The number of alkyl halides is 1. The molecule has 0 fully saturated rings. The SMILES string of the molecule is CCn1nc(C)c(Br)c1CC(CBr)c1cccc(F)c1. The van der Waals surface area contributed by atoms with Crippen LogP contribution in [-0.2, 0) is 13.0 Å². The number of aryl methyl sites for hydroxylation is 2. The van der Waals surface area contributed by atoms with E-state index >= 15 is 0 Å². The lowest BCUT2D eigenvalue weighted by Crippen LogP contribution is -2.10. The first-order valence-corrected chi connectivity index (χ1v) is 8.51. The molecule has 108 valence electrons. The van der Waals surface area contributed by atoms with Gasteiger partial charge in [0.15, 0.2) is 0 Å². The molecule has 0 amide bonds. The minimum absolute atomic E-state index is 0.187. The molecule has 0 saturated heterocycles. The molecule has 2 rings (SSSR count). The van der Waals surface area contributed by atoms with E-state index in [0.29, 0.717) is 0 Å². The molecule has 0 aliphatic heterocycles. The van der Waals surface area contributed by atoms with Crippen LogP contribution in [-0.4, -0.2) is 15.1 Å². The van der Waals surface area contributed by atoms with Gasteiger partial charge in [0.1, 0.15) is 5.82 Å². The van der Waals surface area contributed by atoms with Crippen molar-refractivity contribution in [1.82, 2.24) is 9.78 Å². The van der Waals surface area contributed by atoms with Crippen LogP contribution in [0.2, 0.25) is 0 Å². The number of halogens is 3. The van der Waals surface area contributed by atoms with Gasteiger partial charge in [-0.05, 0) is 59.8 Å². The molecule has 5 heteroatoms. The Kier molecular flexibility index (Phi) is 5.38. The molecule has 0 aliphatic carbocycles. The highest BCUT2D eigenvalue weighted by Gasteiger charge is 2.18. The summed E-state index contributed by atoms with van der Waals surface area (Å²) in [5.74, 6) is 0.0381. The topological polar surface area (TPSA) is 17.8 Å². The van der Waals surface area contributed by atoms with E-state index < -0.39 is 0 Å². The lowest BCUT2D eigenvalue weighted by molar-refractivity contribution is 0.591. The largest absolute Gasteiger partial charge is 0.268 e. The highest BCUT2D eigenvalue weighted by atomic mass is 79.9. The summed E-state index contributed by atoms with van der Waals surface area (Å²) in [4.78, 5) is 0. The highest BCUT2D eigenvalue weighted by Crippen LogP contribution is 2.29. The fourth-order valence-corrected chi connectivity index (χ4v) is 3.37. The van der Waals surface area contributed by atoms with Gasteiger partial charge in [-0.2, -0.15) is 5.10 Å². The molecule has 1 atom stereocenters. The second kappa shape index (κ2) is 6.85. The summed E-state index contributed by atoms with van der Waals surface area (Å²) in [6.07, 6.45) is 0.823. The average molecular weight is 404 g/mol. The van der Waals surface area contributed by atoms with E-state index in [9.17, 15) is 4.39 Å². The normalized spacial score (nSPS) is 12.7. The molecule has 1 aromatic carbocycles. The van der Waals surface area contributed by atoms with Gasteiger partial charge in [0, 0.05) is 11.9 Å². The quantitative estimate of drug-likeness (QED) is 0.653. The second-order valence-electron chi connectivity index (χ2n) is 4.77. The molecule has 0 saturated carbocycles. The van der Waals surface area contributed by atoms with Crippen molar-refractivity contribution in [1.29, 1.82) is 0 Å². The molecule has 1 aromatic heterocycles. The van der Waals surface area contributed by atoms with Crippen molar-refractivity contribution in [3.63, 3.8) is 0 Å². The van der Waals surface area contributed by atoms with Crippen molar-refractivity contribution in [3.8, 4) is 0 Å². The van der Waals surface area contributed by atoms with E-state index in [2.05, 4.69) is 43.9 Å². The zero-order chi connectivity index (χ0) is 14.7. The van der Waals surface area contributed by atoms with Gasteiger partial charge in [-0.25, -0.2) is 4.39 Å². The Morgan fingerprint density at radius 3 is 2.75 bits per heavy atom. The molecule has 20 heavy (non-hydrogen) atoms. The van der Waals surface area contributed by atoms with E-state index in [1.807, 2.05) is 17.7 Å². The average Bonchev–Trinajstić information content (AvgIpc) is 2.71. The minimum atomic E-state index is -0.187. The zero-order valence-electron chi connectivity index (χ0n) is 11.5. The second-order valence-corrected chi connectivity index (χ2v) is 6.21. The lowest BCUT2D eigenvalue weighted by atomic mass is 9.96.